The molecular formula is C17H15Cl2NO. The molecule has 108 valence electrons. The molecule has 0 aliphatic heterocycles. The molecule has 0 spiro atoms. The van der Waals surface area contributed by atoms with E-state index in [1.165, 1.54) is 6.08 Å². The van der Waals surface area contributed by atoms with E-state index >= 15 is 0 Å². The summed E-state index contributed by atoms with van der Waals surface area (Å²) in [4.78, 5) is 12.0. The van der Waals surface area contributed by atoms with Gasteiger partial charge >= 0.3 is 0 Å². The molecule has 0 radical (unpaired) electrons. The predicted molar refractivity (Wildman–Crippen MR) is 89.5 cm³/mol. The highest BCUT2D eigenvalue weighted by molar-refractivity contribution is 6.37. The van der Waals surface area contributed by atoms with Gasteiger partial charge in [-0.05, 0) is 55.3 Å². The van der Waals surface area contributed by atoms with Gasteiger partial charge in [0.05, 0.1) is 5.02 Å². The monoisotopic (exact) mass is 319 g/mol. The van der Waals surface area contributed by atoms with E-state index in [1.807, 2.05) is 26.0 Å². The van der Waals surface area contributed by atoms with Crippen LogP contribution < -0.4 is 5.32 Å². The van der Waals surface area contributed by atoms with E-state index in [-0.39, 0.29) is 5.78 Å². The Morgan fingerprint density at radius 2 is 1.71 bits per heavy atom. The van der Waals surface area contributed by atoms with Crippen LogP contribution in [0, 0.1) is 13.8 Å². The summed E-state index contributed by atoms with van der Waals surface area (Å²) in [6.45, 7) is 4.06. The van der Waals surface area contributed by atoms with E-state index in [2.05, 4.69) is 11.4 Å². The minimum atomic E-state index is -0.173. The van der Waals surface area contributed by atoms with Gasteiger partial charge in [-0.1, -0.05) is 29.3 Å². The van der Waals surface area contributed by atoms with E-state index in [4.69, 9.17) is 23.2 Å². The van der Waals surface area contributed by atoms with Crippen LogP contribution in [0.4, 0.5) is 5.69 Å². The summed E-state index contributed by atoms with van der Waals surface area (Å²) < 4.78 is 0. The lowest BCUT2D eigenvalue weighted by molar-refractivity contribution is 0.104. The second-order valence-electron chi connectivity index (χ2n) is 4.84. The molecule has 2 aromatic carbocycles. The van der Waals surface area contributed by atoms with Crippen molar-refractivity contribution in [2.45, 2.75) is 13.8 Å². The van der Waals surface area contributed by atoms with Crippen LogP contribution in [0.1, 0.15) is 21.5 Å². The molecule has 0 fully saturated rings. The third-order valence-electron chi connectivity index (χ3n) is 2.90. The van der Waals surface area contributed by atoms with Gasteiger partial charge in [0, 0.05) is 28.5 Å². The van der Waals surface area contributed by atoms with Gasteiger partial charge in [-0.3, -0.25) is 4.79 Å². The van der Waals surface area contributed by atoms with Gasteiger partial charge in [0.25, 0.3) is 0 Å². The zero-order valence-electron chi connectivity index (χ0n) is 11.8. The van der Waals surface area contributed by atoms with Gasteiger partial charge in [0.2, 0.25) is 0 Å². The molecule has 2 rings (SSSR count). The third kappa shape index (κ3) is 4.35. The number of benzene rings is 2. The molecule has 0 aromatic heterocycles. The number of hydrogen-bond acceptors (Lipinski definition) is 2. The molecule has 0 aliphatic carbocycles. The fourth-order valence-corrected chi connectivity index (χ4v) is 2.55. The Kier molecular flexibility index (Phi) is 5.05. The van der Waals surface area contributed by atoms with Crippen molar-refractivity contribution in [2.75, 3.05) is 5.32 Å². The molecular weight excluding hydrogens is 305 g/mol. The van der Waals surface area contributed by atoms with E-state index < -0.39 is 0 Å². The molecule has 2 aromatic rings. The van der Waals surface area contributed by atoms with Crippen LogP contribution in [0.2, 0.25) is 10.0 Å². The minimum Gasteiger partial charge on any atom is -0.362 e. The minimum absolute atomic E-state index is 0.173. The molecule has 4 heteroatoms. The normalized spacial score (nSPS) is 10.9. The Morgan fingerprint density at radius 3 is 2.33 bits per heavy atom. The van der Waals surface area contributed by atoms with Crippen LogP contribution >= 0.6 is 23.2 Å². The highest BCUT2D eigenvalue weighted by atomic mass is 35.5. The largest absolute Gasteiger partial charge is 0.362 e. The van der Waals surface area contributed by atoms with E-state index in [9.17, 15) is 4.79 Å². The van der Waals surface area contributed by atoms with E-state index in [0.717, 1.165) is 16.8 Å². The van der Waals surface area contributed by atoms with Crippen LogP contribution in [-0.2, 0) is 0 Å². The molecule has 0 heterocycles. The standard InChI is InChI=1S/C17H15Cl2NO/c1-11-7-12(2)9-14(8-11)20-6-5-17(21)15-4-3-13(18)10-16(15)19/h3-10,20H,1-2H3/b6-5+. The van der Waals surface area contributed by atoms with Crippen LogP contribution in [0.15, 0.2) is 48.7 Å². The fraction of sp³-hybridized carbons (Fsp3) is 0.118. The highest BCUT2D eigenvalue weighted by Crippen LogP contribution is 2.21. The Balaban J connectivity index is 2.08. The average Bonchev–Trinajstić information content (AvgIpc) is 2.37. The summed E-state index contributed by atoms with van der Waals surface area (Å²) in [6, 6.07) is 10.9. The Bertz CT molecular complexity index is 688. The summed E-state index contributed by atoms with van der Waals surface area (Å²) in [7, 11) is 0. The molecule has 0 amide bonds. The zero-order chi connectivity index (χ0) is 15.4. The third-order valence-corrected chi connectivity index (χ3v) is 3.45. The number of carbonyl (C=O) groups excluding carboxylic acids is 1. The predicted octanol–water partition coefficient (Wildman–Crippen LogP) is 5.42. The molecule has 1 N–H and O–H groups in total. The number of rotatable bonds is 4. The second-order valence-corrected chi connectivity index (χ2v) is 5.69. The lowest BCUT2D eigenvalue weighted by Crippen LogP contribution is -1.97. The number of carbonyl (C=O) groups is 1. The summed E-state index contributed by atoms with van der Waals surface area (Å²) in [6.07, 6.45) is 3.06. The molecule has 0 atom stereocenters. The highest BCUT2D eigenvalue weighted by Gasteiger charge is 2.07. The van der Waals surface area contributed by atoms with Gasteiger partial charge in [0.1, 0.15) is 0 Å². The topological polar surface area (TPSA) is 29.1 Å². The van der Waals surface area contributed by atoms with Crippen molar-refractivity contribution in [3.05, 3.63) is 75.4 Å². The van der Waals surface area contributed by atoms with Crippen LogP contribution in [0.25, 0.3) is 0 Å². The van der Waals surface area contributed by atoms with Crippen LogP contribution in [-0.4, -0.2) is 5.78 Å². The van der Waals surface area contributed by atoms with Crippen molar-refractivity contribution < 1.29 is 4.79 Å². The number of aryl methyl sites for hydroxylation is 2. The SMILES string of the molecule is Cc1cc(C)cc(N/C=C/C(=O)c2ccc(Cl)cc2Cl)c1. The molecule has 2 nitrogen and oxygen atoms in total. The summed E-state index contributed by atoms with van der Waals surface area (Å²) in [5, 5.41) is 3.95. The van der Waals surface area contributed by atoms with Crippen LogP contribution in [0.5, 0.6) is 0 Å². The first-order chi connectivity index (χ1) is 9.95. The average molecular weight is 320 g/mol. The molecule has 21 heavy (non-hydrogen) atoms. The maximum Gasteiger partial charge on any atom is 0.188 e. The summed E-state index contributed by atoms with van der Waals surface area (Å²) >= 11 is 11.8. The van der Waals surface area contributed by atoms with Gasteiger partial charge in [-0.2, -0.15) is 0 Å². The zero-order valence-corrected chi connectivity index (χ0v) is 13.3. The van der Waals surface area contributed by atoms with Crippen molar-refractivity contribution in [3.8, 4) is 0 Å². The summed E-state index contributed by atoms with van der Waals surface area (Å²) in [5.41, 5.74) is 3.70. The number of hydrogen-bond donors (Lipinski definition) is 1. The van der Waals surface area contributed by atoms with Gasteiger partial charge in [-0.15, -0.1) is 0 Å². The van der Waals surface area contributed by atoms with Gasteiger partial charge < -0.3 is 5.32 Å². The second kappa shape index (κ2) is 6.79. The van der Waals surface area contributed by atoms with Crippen LogP contribution in [0.3, 0.4) is 0 Å². The molecule has 0 saturated heterocycles. The number of nitrogens with one attached hydrogen (secondary N) is 1. The Hall–Kier alpha value is -1.77. The van der Waals surface area contributed by atoms with E-state index in [0.29, 0.717) is 15.6 Å². The maximum absolute atomic E-state index is 12.0. The molecule has 0 saturated carbocycles. The number of anilines is 1. The lowest BCUT2D eigenvalue weighted by Gasteiger charge is -2.04. The molecule has 0 unspecified atom stereocenters. The molecule has 0 bridgehead atoms. The Labute approximate surface area is 134 Å². The fourth-order valence-electron chi connectivity index (χ4n) is 2.05. The van der Waals surface area contributed by atoms with E-state index in [1.54, 1.807) is 24.4 Å². The number of halogens is 2. The van der Waals surface area contributed by atoms with Gasteiger partial charge in [0.15, 0.2) is 5.78 Å². The summed E-state index contributed by atoms with van der Waals surface area (Å²) in [5.74, 6) is -0.173. The Morgan fingerprint density at radius 1 is 1.05 bits per heavy atom. The molecule has 0 aliphatic rings. The number of allylic oxidation sites excluding steroid dienone is 1. The van der Waals surface area contributed by atoms with Crippen molar-refractivity contribution in [1.29, 1.82) is 0 Å². The number of ketones is 1. The smallest absolute Gasteiger partial charge is 0.188 e. The van der Waals surface area contributed by atoms with Crippen molar-refractivity contribution >= 4 is 34.7 Å². The van der Waals surface area contributed by atoms with Crippen molar-refractivity contribution in [3.63, 3.8) is 0 Å². The first kappa shape index (κ1) is 15.6. The van der Waals surface area contributed by atoms with Crippen molar-refractivity contribution in [2.24, 2.45) is 0 Å². The first-order valence-corrected chi connectivity index (χ1v) is 7.22. The van der Waals surface area contributed by atoms with Gasteiger partial charge in [-0.25, -0.2) is 0 Å². The quantitative estimate of drug-likeness (QED) is 0.602. The maximum atomic E-state index is 12.0. The van der Waals surface area contributed by atoms with Crippen molar-refractivity contribution in [1.82, 2.24) is 0 Å². The first-order valence-electron chi connectivity index (χ1n) is 6.46. The lowest BCUT2D eigenvalue weighted by atomic mass is 10.1.